The van der Waals surface area contributed by atoms with Crippen molar-refractivity contribution in [3.8, 4) is 22.6 Å². The van der Waals surface area contributed by atoms with Gasteiger partial charge in [0.05, 0.1) is 24.2 Å². The number of fused-ring (bicyclic) bond motifs is 1. The van der Waals surface area contributed by atoms with Gasteiger partial charge in [0.25, 0.3) is 0 Å². The summed E-state index contributed by atoms with van der Waals surface area (Å²) in [5, 5.41) is 13.2. The molecule has 0 radical (unpaired) electrons. The van der Waals surface area contributed by atoms with Crippen LogP contribution < -0.4 is 10.1 Å². The minimum atomic E-state index is 0.0769. The van der Waals surface area contributed by atoms with Crippen molar-refractivity contribution in [3.05, 3.63) is 48.0 Å². The molecule has 1 saturated heterocycles. The van der Waals surface area contributed by atoms with E-state index in [0.29, 0.717) is 17.5 Å². The Balaban J connectivity index is 1.72. The van der Waals surface area contributed by atoms with Crippen molar-refractivity contribution in [2.24, 2.45) is 5.92 Å². The number of hydrogen-bond donors (Lipinski definition) is 2. The normalized spacial score (nSPS) is 14.8. The number of phenols is 1. The van der Waals surface area contributed by atoms with Crippen molar-refractivity contribution in [1.29, 1.82) is 0 Å². The van der Waals surface area contributed by atoms with Crippen LogP contribution in [0.2, 0.25) is 5.02 Å². The molecule has 2 N–H and O–H groups in total. The molecule has 2 aromatic heterocycles. The lowest BCUT2D eigenvalue weighted by Crippen LogP contribution is -2.45. The minimum absolute atomic E-state index is 0.0769. The minimum Gasteiger partial charge on any atom is -0.506 e. The number of aromatic nitrogens is 2. The smallest absolute Gasteiger partial charge is 0.145 e. The van der Waals surface area contributed by atoms with Crippen molar-refractivity contribution < 1.29 is 9.84 Å². The second kappa shape index (κ2) is 5.76. The molecular weight excluding hydrogens is 314 g/mol. The van der Waals surface area contributed by atoms with Gasteiger partial charge in [-0.15, -0.1) is 0 Å². The summed E-state index contributed by atoms with van der Waals surface area (Å²) < 4.78 is 7.95. The largest absolute Gasteiger partial charge is 0.506 e. The number of nitrogens with one attached hydrogen (secondary N) is 1. The first kappa shape index (κ1) is 14.4. The third-order valence-corrected chi connectivity index (χ3v) is 4.41. The van der Waals surface area contributed by atoms with E-state index >= 15 is 0 Å². The molecule has 3 heterocycles. The molecule has 1 fully saturated rings. The molecule has 4 rings (SSSR count). The topological polar surface area (TPSA) is 58.8 Å². The molecule has 5 nitrogen and oxygen atoms in total. The van der Waals surface area contributed by atoms with Crippen LogP contribution in [0.15, 0.2) is 43.0 Å². The highest BCUT2D eigenvalue weighted by molar-refractivity contribution is 6.32. The number of ether oxygens (including phenoxy) is 1. The number of aromatic hydroxyl groups is 1. The van der Waals surface area contributed by atoms with Gasteiger partial charge < -0.3 is 19.6 Å². The van der Waals surface area contributed by atoms with Crippen molar-refractivity contribution in [3.63, 3.8) is 0 Å². The second-order valence-corrected chi connectivity index (χ2v) is 6.19. The monoisotopic (exact) mass is 329 g/mol. The summed E-state index contributed by atoms with van der Waals surface area (Å²) in [6, 6.07) is 7.16. The zero-order valence-electron chi connectivity index (χ0n) is 12.4. The molecule has 118 valence electrons. The molecule has 6 heteroatoms. The summed E-state index contributed by atoms with van der Waals surface area (Å²) >= 11 is 6.02. The summed E-state index contributed by atoms with van der Waals surface area (Å²) in [5.41, 5.74) is 2.81. The predicted molar refractivity (Wildman–Crippen MR) is 89.2 cm³/mol. The lowest BCUT2D eigenvalue weighted by molar-refractivity contribution is 0.200. The Morgan fingerprint density at radius 3 is 2.91 bits per heavy atom. The van der Waals surface area contributed by atoms with Crippen LogP contribution in [0.25, 0.3) is 16.6 Å². The lowest BCUT2D eigenvalue weighted by Gasteiger charge is -2.27. The first-order valence-corrected chi connectivity index (χ1v) is 7.86. The first-order valence-electron chi connectivity index (χ1n) is 7.49. The fourth-order valence-corrected chi connectivity index (χ4v) is 2.82. The Morgan fingerprint density at radius 1 is 1.30 bits per heavy atom. The number of nitrogens with zero attached hydrogens (tertiary/aromatic N) is 2. The van der Waals surface area contributed by atoms with Gasteiger partial charge in [-0.1, -0.05) is 17.7 Å². The highest BCUT2D eigenvalue weighted by Crippen LogP contribution is 2.32. The van der Waals surface area contributed by atoms with Crippen molar-refractivity contribution in [2.45, 2.75) is 0 Å². The molecule has 0 atom stereocenters. The fourth-order valence-electron chi connectivity index (χ4n) is 2.63. The van der Waals surface area contributed by atoms with E-state index in [2.05, 4.69) is 10.3 Å². The summed E-state index contributed by atoms with van der Waals surface area (Å²) in [7, 11) is 0. The van der Waals surface area contributed by atoms with Gasteiger partial charge in [0.1, 0.15) is 17.0 Å². The Labute approximate surface area is 138 Å². The Bertz CT molecular complexity index is 858. The van der Waals surface area contributed by atoms with Gasteiger partial charge in [0, 0.05) is 30.8 Å². The van der Waals surface area contributed by atoms with Gasteiger partial charge in [0.2, 0.25) is 0 Å². The van der Waals surface area contributed by atoms with Crippen molar-refractivity contribution >= 4 is 17.1 Å². The number of benzene rings is 1. The van der Waals surface area contributed by atoms with E-state index in [1.807, 2.05) is 22.7 Å². The second-order valence-electron chi connectivity index (χ2n) is 5.78. The van der Waals surface area contributed by atoms with E-state index in [1.54, 1.807) is 24.7 Å². The molecular formula is C17H16ClN3O2. The summed E-state index contributed by atoms with van der Waals surface area (Å²) in [6.45, 7) is 2.69. The van der Waals surface area contributed by atoms with Crippen LogP contribution in [-0.2, 0) is 0 Å². The van der Waals surface area contributed by atoms with Gasteiger partial charge in [-0.2, -0.15) is 0 Å². The average Bonchev–Trinajstić information content (AvgIpc) is 2.97. The van der Waals surface area contributed by atoms with Gasteiger partial charge in [0.15, 0.2) is 0 Å². The first-order chi connectivity index (χ1) is 11.2. The van der Waals surface area contributed by atoms with E-state index in [4.69, 9.17) is 16.3 Å². The molecule has 0 spiro atoms. The third-order valence-electron chi connectivity index (χ3n) is 4.10. The van der Waals surface area contributed by atoms with Gasteiger partial charge in [-0.25, -0.2) is 4.98 Å². The Hall–Kier alpha value is -2.24. The van der Waals surface area contributed by atoms with Crippen LogP contribution in [0.1, 0.15) is 0 Å². The number of hydrogen-bond acceptors (Lipinski definition) is 4. The number of imidazole rings is 1. The Morgan fingerprint density at radius 2 is 2.17 bits per heavy atom. The predicted octanol–water partition coefficient (Wildman–Crippen LogP) is 2.96. The molecule has 0 saturated carbocycles. The van der Waals surface area contributed by atoms with Crippen LogP contribution >= 0.6 is 11.6 Å². The molecule has 0 amide bonds. The highest BCUT2D eigenvalue weighted by atomic mass is 35.5. The average molecular weight is 330 g/mol. The SMILES string of the molecule is Oc1ccc(-c2cc(OCC3CNC3)c3cncn3c2)cc1Cl. The maximum atomic E-state index is 9.59. The van der Waals surface area contributed by atoms with Gasteiger partial charge >= 0.3 is 0 Å². The highest BCUT2D eigenvalue weighted by Gasteiger charge is 2.18. The van der Waals surface area contributed by atoms with Gasteiger partial charge in [-0.05, 0) is 23.8 Å². The van der Waals surface area contributed by atoms with E-state index in [0.717, 1.165) is 35.5 Å². The van der Waals surface area contributed by atoms with Gasteiger partial charge in [-0.3, -0.25) is 0 Å². The quantitative estimate of drug-likeness (QED) is 0.772. The number of rotatable bonds is 4. The van der Waals surface area contributed by atoms with Crippen LogP contribution in [0.5, 0.6) is 11.5 Å². The van der Waals surface area contributed by atoms with E-state index in [9.17, 15) is 5.11 Å². The van der Waals surface area contributed by atoms with Crippen LogP contribution in [-0.4, -0.2) is 34.2 Å². The number of pyridine rings is 1. The molecule has 23 heavy (non-hydrogen) atoms. The molecule has 0 aliphatic carbocycles. The zero-order valence-corrected chi connectivity index (χ0v) is 13.1. The van der Waals surface area contributed by atoms with Crippen LogP contribution in [0.4, 0.5) is 0 Å². The standard InChI is InChI=1S/C17H16ClN3O2/c18-14-3-12(1-2-16(14)22)13-4-17(23-9-11-5-19-6-11)15-7-20-10-21(15)8-13/h1-4,7-8,10-11,19,22H,5-6,9H2. The van der Waals surface area contributed by atoms with E-state index < -0.39 is 0 Å². The van der Waals surface area contributed by atoms with Crippen LogP contribution in [0.3, 0.4) is 0 Å². The maximum absolute atomic E-state index is 9.59. The van der Waals surface area contributed by atoms with E-state index in [1.165, 1.54) is 0 Å². The number of phenolic OH excluding ortho intramolecular Hbond substituents is 1. The summed E-state index contributed by atoms with van der Waals surface area (Å²) in [6.07, 6.45) is 5.52. The fraction of sp³-hybridized carbons (Fsp3) is 0.235. The summed E-state index contributed by atoms with van der Waals surface area (Å²) in [4.78, 5) is 4.19. The van der Waals surface area contributed by atoms with Crippen LogP contribution in [0, 0.1) is 5.92 Å². The molecule has 1 aromatic carbocycles. The molecule has 3 aromatic rings. The van der Waals surface area contributed by atoms with Crippen molar-refractivity contribution in [1.82, 2.24) is 14.7 Å². The molecule has 1 aliphatic rings. The molecule has 1 aliphatic heterocycles. The summed E-state index contributed by atoms with van der Waals surface area (Å²) in [5.74, 6) is 1.44. The molecule has 0 bridgehead atoms. The van der Waals surface area contributed by atoms with Crippen molar-refractivity contribution in [2.75, 3.05) is 19.7 Å². The zero-order chi connectivity index (χ0) is 15.8. The van der Waals surface area contributed by atoms with E-state index in [-0.39, 0.29) is 5.75 Å². The number of halogens is 1. The Kier molecular flexibility index (Phi) is 3.59. The lowest BCUT2D eigenvalue weighted by atomic mass is 10.1. The molecule has 0 unspecified atom stereocenters. The maximum Gasteiger partial charge on any atom is 0.145 e. The third kappa shape index (κ3) is 2.73.